The highest BCUT2D eigenvalue weighted by molar-refractivity contribution is 5.81. The van der Waals surface area contributed by atoms with Crippen LogP contribution < -0.4 is 10.6 Å². The normalized spacial score (nSPS) is 14.5. The second-order valence-corrected chi connectivity index (χ2v) is 3.81. The average molecular weight is 232 g/mol. The third-order valence-corrected chi connectivity index (χ3v) is 2.33. The molecule has 0 aliphatic carbocycles. The van der Waals surface area contributed by atoms with E-state index in [9.17, 15) is 4.79 Å². The van der Waals surface area contributed by atoms with E-state index in [2.05, 4.69) is 10.6 Å². The minimum atomic E-state index is -0.194. The largest absolute Gasteiger partial charge is 0.385 e. The first-order chi connectivity index (χ1) is 7.61. The maximum Gasteiger partial charge on any atom is 0.236 e. The molecule has 1 amide bonds. The summed E-state index contributed by atoms with van der Waals surface area (Å²) in [6.45, 7) is 5.79. The third-order valence-electron chi connectivity index (χ3n) is 2.33. The van der Waals surface area contributed by atoms with Crippen LogP contribution in [0.2, 0.25) is 0 Å². The van der Waals surface area contributed by atoms with Crippen LogP contribution in [0.3, 0.4) is 0 Å². The molecule has 96 valence electrons. The lowest BCUT2D eigenvalue weighted by Gasteiger charge is -2.16. The molecule has 0 saturated carbocycles. The quantitative estimate of drug-likeness (QED) is 0.556. The number of hydrogen-bond acceptors (Lipinski definition) is 4. The molecule has 0 spiro atoms. The van der Waals surface area contributed by atoms with Crippen molar-refractivity contribution in [3.8, 4) is 0 Å². The highest BCUT2D eigenvalue weighted by Gasteiger charge is 2.12. The van der Waals surface area contributed by atoms with Crippen molar-refractivity contribution in [3.05, 3.63) is 0 Å². The van der Waals surface area contributed by atoms with Crippen LogP contribution in [0.4, 0.5) is 0 Å². The molecule has 2 atom stereocenters. The second-order valence-electron chi connectivity index (χ2n) is 3.81. The molecule has 0 aliphatic heterocycles. The van der Waals surface area contributed by atoms with Gasteiger partial charge in [0.2, 0.25) is 5.91 Å². The van der Waals surface area contributed by atoms with Crippen molar-refractivity contribution >= 4 is 5.91 Å². The maximum atomic E-state index is 11.6. The molecule has 2 N–H and O–H groups in total. The molecule has 0 saturated heterocycles. The van der Waals surface area contributed by atoms with Gasteiger partial charge in [0.25, 0.3) is 0 Å². The first-order valence-electron chi connectivity index (χ1n) is 5.64. The van der Waals surface area contributed by atoms with E-state index in [1.54, 1.807) is 14.2 Å². The molecule has 0 aliphatic rings. The maximum absolute atomic E-state index is 11.6. The van der Waals surface area contributed by atoms with Crippen molar-refractivity contribution in [1.82, 2.24) is 10.6 Å². The lowest BCUT2D eigenvalue weighted by atomic mass is 10.3. The Kier molecular flexibility index (Phi) is 9.18. The number of carbonyl (C=O) groups is 1. The van der Waals surface area contributed by atoms with Crippen molar-refractivity contribution in [2.24, 2.45) is 0 Å². The highest BCUT2D eigenvalue weighted by Crippen LogP contribution is 1.88. The number of rotatable bonds is 9. The number of carbonyl (C=O) groups excluding carboxylic acids is 1. The van der Waals surface area contributed by atoms with Crippen LogP contribution in [0.25, 0.3) is 0 Å². The number of hydrogen-bond donors (Lipinski definition) is 2. The Balaban J connectivity index is 3.57. The number of amides is 1. The highest BCUT2D eigenvalue weighted by atomic mass is 16.5. The lowest BCUT2D eigenvalue weighted by Crippen LogP contribution is -2.44. The van der Waals surface area contributed by atoms with Gasteiger partial charge in [-0.3, -0.25) is 4.79 Å². The Hall–Kier alpha value is -0.650. The van der Waals surface area contributed by atoms with E-state index < -0.39 is 0 Å². The predicted molar refractivity (Wildman–Crippen MR) is 63.4 cm³/mol. The fourth-order valence-corrected chi connectivity index (χ4v) is 1.10. The first kappa shape index (κ1) is 15.3. The number of nitrogens with one attached hydrogen (secondary N) is 2. The van der Waals surface area contributed by atoms with E-state index in [0.29, 0.717) is 19.7 Å². The van der Waals surface area contributed by atoms with Crippen LogP contribution in [-0.2, 0) is 14.3 Å². The van der Waals surface area contributed by atoms with Crippen LogP contribution in [0.15, 0.2) is 0 Å². The van der Waals surface area contributed by atoms with Gasteiger partial charge >= 0.3 is 0 Å². The van der Waals surface area contributed by atoms with Gasteiger partial charge in [0, 0.05) is 33.9 Å². The standard InChI is InChI=1S/C11H24N2O3/c1-9(16-4)8-13-10(2)11(14)12-6-5-7-15-3/h9-10,13H,5-8H2,1-4H3,(H,12,14). The topological polar surface area (TPSA) is 59.6 Å². The summed E-state index contributed by atoms with van der Waals surface area (Å²) < 4.78 is 9.98. The van der Waals surface area contributed by atoms with Crippen LogP contribution in [0, 0.1) is 0 Å². The van der Waals surface area contributed by atoms with Crippen molar-refractivity contribution in [3.63, 3.8) is 0 Å². The van der Waals surface area contributed by atoms with Crippen molar-refractivity contribution in [1.29, 1.82) is 0 Å². The monoisotopic (exact) mass is 232 g/mol. The molecular formula is C11H24N2O3. The Morgan fingerprint density at radius 1 is 1.31 bits per heavy atom. The molecule has 0 bridgehead atoms. The van der Waals surface area contributed by atoms with Gasteiger partial charge in [0.05, 0.1) is 12.1 Å². The van der Waals surface area contributed by atoms with Crippen molar-refractivity contribution in [2.75, 3.05) is 33.9 Å². The van der Waals surface area contributed by atoms with Gasteiger partial charge < -0.3 is 20.1 Å². The molecule has 0 heterocycles. The molecule has 0 aromatic carbocycles. The van der Waals surface area contributed by atoms with E-state index in [-0.39, 0.29) is 18.1 Å². The molecule has 2 unspecified atom stereocenters. The van der Waals surface area contributed by atoms with Gasteiger partial charge in [-0.25, -0.2) is 0 Å². The third kappa shape index (κ3) is 7.62. The van der Waals surface area contributed by atoms with E-state index in [0.717, 1.165) is 6.42 Å². The predicted octanol–water partition coefficient (Wildman–Crippen LogP) is 0.152. The summed E-state index contributed by atoms with van der Waals surface area (Å²) in [7, 11) is 3.31. The van der Waals surface area contributed by atoms with Gasteiger partial charge in [-0.05, 0) is 20.3 Å². The van der Waals surface area contributed by atoms with Crippen LogP contribution in [-0.4, -0.2) is 52.0 Å². The second kappa shape index (κ2) is 9.57. The van der Waals surface area contributed by atoms with E-state index in [1.807, 2.05) is 13.8 Å². The Bertz CT molecular complexity index is 188. The Labute approximate surface area is 97.9 Å². The molecular weight excluding hydrogens is 208 g/mol. The Morgan fingerprint density at radius 2 is 2.00 bits per heavy atom. The molecule has 0 fully saturated rings. The number of methoxy groups -OCH3 is 2. The summed E-state index contributed by atoms with van der Waals surface area (Å²) in [6, 6.07) is -0.194. The molecule has 0 radical (unpaired) electrons. The zero-order valence-corrected chi connectivity index (χ0v) is 10.7. The lowest BCUT2D eigenvalue weighted by molar-refractivity contribution is -0.122. The summed E-state index contributed by atoms with van der Waals surface area (Å²) >= 11 is 0. The van der Waals surface area contributed by atoms with Crippen LogP contribution in [0.5, 0.6) is 0 Å². The minimum Gasteiger partial charge on any atom is -0.385 e. The van der Waals surface area contributed by atoms with Crippen molar-refractivity contribution < 1.29 is 14.3 Å². The smallest absolute Gasteiger partial charge is 0.236 e. The van der Waals surface area contributed by atoms with Crippen LogP contribution in [0.1, 0.15) is 20.3 Å². The molecule has 0 aromatic heterocycles. The molecule has 0 rings (SSSR count). The summed E-state index contributed by atoms with van der Waals surface area (Å²) in [5.41, 5.74) is 0. The summed E-state index contributed by atoms with van der Waals surface area (Å²) in [6.07, 6.45) is 0.951. The SMILES string of the molecule is COCCCNC(=O)C(C)NCC(C)OC. The van der Waals surface area contributed by atoms with Gasteiger partial charge in [-0.1, -0.05) is 0 Å². The molecule has 5 nitrogen and oxygen atoms in total. The van der Waals surface area contributed by atoms with Gasteiger partial charge in [0.15, 0.2) is 0 Å². The van der Waals surface area contributed by atoms with Gasteiger partial charge in [0.1, 0.15) is 0 Å². The zero-order chi connectivity index (χ0) is 12.4. The van der Waals surface area contributed by atoms with E-state index in [4.69, 9.17) is 9.47 Å². The first-order valence-corrected chi connectivity index (χ1v) is 5.64. The molecule has 0 aromatic rings. The average Bonchev–Trinajstić information content (AvgIpc) is 2.30. The Morgan fingerprint density at radius 3 is 2.56 bits per heavy atom. The van der Waals surface area contributed by atoms with E-state index >= 15 is 0 Å². The van der Waals surface area contributed by atoms with E-state index in [1.165, 1.54) is 0 Å². The minimum absolute atomic E-state index is 0.0133. The van der Waals surface area contributed by atoms with Gasteiger partial charge in [-0.2, -0.15) is 0 Å². The van der Waals surface area contributed by atoms with Crippen molar-refractivity contribution in [2.45, 2.75) is 32.4 Å². The number of ether oxygens (including phenoxy) is 2. The van der Waals surface area contributed by atoms with Gasteiger partial charge in [-0.15, -0.1) is 0 Å². The molecule has 16 heavy (non-hydrogen) atoms. The molecule has 5 heteroatoms. The summed E-state index contributed by atoms with van der Waals surface area (Å²) in [5, 5.41) is 5.94. The van der Waals surface area contributed by atoms with Crippen LogP contribution >= 0.6 is 0 Å². The fraction of sp³-hybridized carbons (Fsp3) is 0.909. The summed E-state index contributed by atoms with van der Waals surface area (Å²) in [5.74, 6) is 0.0133. The summed E-state index contributed by atoms with van der Waals surface area (Å²) in [4.78, 5) is 11.6. The fourth-order valence-electron chi connectivity index (χ4n) is 1.10. The zero-order valence-electron chi connectivity index (χ0n) is 10.7.